The van der Waals surface area contributed by atoms with Crippen LogP contribution in [0.4, 0.5) is 0 Å². The maximum Gasteiger partial charge on any atom is 0.416 e. The summed E-state index contributed by atoms with van der Waals surface area (Å²) in [7, 11) is 0. The zero-order chi connectivity index (χ0) is 35.1. The van der Waals surface area contributed by atoms with Gasteiger partial charge in [-0.3, -0.25) is 9.59 Å². The number of carbonyl (C=O) groups is 2. The van der Waals surface area contributed by atoms with Crippen LogP contribution in [0.5, 0.6) is 0 Å². The van der Waals surface area contributed by atoms with Crippen molar-refractivity contribution < 1.29 is 66.4 Å². The maximum atomic E-state index is 13.5. The Kier molecular flexibility index (Phi) is 23.0. The Morgan fingerprint density at radius 3 is 1.09 bits per heavy atom. The third kappa shape index (κ3) is 12.2. The molecular weight excluding hydrogens is 610 g/mol. The van der Waals surface area contributed by atoms with Gasteiger partial charge in [-0.2, -0.15) is 0 Å². The van der Waals surface area contributed by atoms with Gasteiger partial charge in [0.05, 0.1) is 39.6 Å². The lowest BCUT2D eigenvalue weighted by atomic mass is 10.1. The molecule has 46 heavy (non-hydrogen) atoms. The van der Waals surface area contributed by atoms with Gasteiger partial charge in [0, 0.05) is 32.8 Å². The predicted molar refractivity (Wildman–Crippen MR) is 166 cm³/mol. The minimum absolute atomic E-state index is 0.0324. The molecule has 0 aromatic heterocycles. The van der Waals surface area contributed by atoms with Gasteiger partial charge in [0.25, 0.3) is 0 Å². The average molecular weight is 672 g/mol. The Hall–Kier alpha value is -1.50. The summed E-state index contributed by atoms with van der Waals surface area (Å²) in [5.74, 6) is -10.4. The van der Waals surface area contributed by atoms with Crippen molar-refractivity contribution in [1.82, 2.24) is 0 Å². The Balaban J connectivity index is 6.29. The van der Waals surface area contributed by atoms with Crippen molar-refractivity contribution in [2.24, 2.45) is 5.73 Å². The monoisotopic (exact) mass is 671 g/mol. The van der Waals surface area contributed by atoms with E-state index in [1.807, 2.05) is 13.8 Å². The van der Waals surface area contributed by atoms with E-state index in [-0.39, 0.29) is 78.9 Å². The van der Waals surface area contributed by atoms with Crippen molar-refractivity contribution in [2.45, 2.75) is 125 Å². The zero-order valence-corrected chi connectivity index (χ0v) is 29.8. The second-order valence-corrected chi connectivity index (χ2v) is 9.43. The fourth-order valence-electron chi connectivity index (χ4n) is 4.25. The fourth-order valence-corrected chi connectivity index (χ4v) is 4.25. The first-order valence-corrected chi connectivity index (χ1v) is 16.6. The van der Waals surface area contributed by atoms with Crippen molar-refractivity contribution >= 4 is 11.9 Å². The van der Waals surface area contributed by atoms with Crippen LogP contribution in [0.15, 0.2) is 0 Å². The predicted octanol–water partition coefficient (Wildman–Crippen LogP) is 3.94. The molecule has 1 atom stereocenters. The molecule has 0 saturated heterocycles. The molecule has 15 nitrogen and oxygen atoms in total. The van der Waals surface area contributed by atoms with E-state index < -0.39 is 41.9 Å². The van der Waals surface area contributed by atoms with Crippen LogP contribution in [0.3, 0.4) is 0 Å². The van der Waals surface area contributed by atoms with Crippen molar-refractivity contribution in [3.8, 4) is 0 Å². The third-order valence-electron chi connectivity index (χ3n) is 5.86. The Bertz CT molecular complexity index is 790. The number of ether oxygens (including phenoxy) is 12. The second kappa shape index (κ2) is 23.8. The molecule has 0 rings (SSSR count). The molecule has 0 amide bonds. The number of esters is 2. The Morgan fingerprint density at radius 2 is 0.783 bits per heavy atom. The first-order chi connectivity index (χ1) is 22.0. The van der Waals surface area contributed by atoms with Crippen molar-refractivity contribution in [3.05, 3.63) is 0 Å². The highest BCUT2D eigenvalue weighted by Crippen LogP contribution is 2.38. The first kappa shape index (κ1) is 44.5. The van der Waals surface area contributed by atoms with Gasteiger partial charge in [-0.1, -0.05) is 13.8 Å². The number of hydrogen-bond donors (Lipinski definition) is 1. The molecule has 0 heterocycles. The van der Waals surface area contributed by atoms with E-state index in [2.05, 4.69) is 0 Å². The molecule has 2 N–H and O–H groups in total. The van der Waals surface area contributed by atoms with Crippen molar-refractivity contribution in [2.75, 3.05) is 66.1 Å². The van der Waals surface area contributed by atoms with Crippen LogP contribution in [0, 0.1) is 0 Å². The normalized spacial score (nSPS) is 13.5. The van der Waals surface area contributed by atoms with Crippen molar-refractivity contribution in [1.29, 1.82) is 0 Å². The number of rotatable bonds is 30. The fraction of sp³-hybridized carbons (Fsp3) is 0.935. The van der Waals surface area contributed by atoms with E-state index in [0.29, 0.717) is 12.8 Å². The summed E-state index contributed by atoms with van der Waals surface area (Å²) in [6.07, 6.45) is 0.626. The minimum atomic E-state index is -2.28. The van der Waals surface area contributed by atoms with E-state index in [9.17, 15) is 9.59 Å². The molecule has 0 aliphatic rings. The maximum absolute atomic E-state index is 13.5. The van der Waals surface area contributed by atoms with Gasteiger partial charge in [-0.25, -0.2) is 0 Å². The van der Waals surface area contributed by atoms with Gasteiger partial charge in [0.15, 0.2) is 0 Å². The van der Waals surface area contributed by atoms with Crippen LogP contribution in [-0.2, 0) is 66.4 Å². The number of nitrogens with two attached hydrogens (primary N) is 1. The molecule has 0 aromatic rings. The minimum Gasteiger partial charge on any atom is -0.401 e. The van der Waals surface area contributed by atoms with E-state index in [1.54, 1.807) is 55.4 Å². The molecule has 0 aliphatic carbocycles. The molecule has 0 bridgehead atoms. The van der Waals surface area contributed by atoms with E-state index in [4.69, 9.17) is 62.6 Å². The summed E-state index contributed by atoms with van der Waals surface area (Å²) < 4.78 is 70.4. The quantitative estimate of drug-likeness (QED) is 0.0859. The number of hydrogen-bond acceptors (Lipinski definition) is 15. The van der Waals surface area contributed by atoms with Gasteiger partial charge in [-0.15, -0.1) is 0 Å². The van der Waals surface area contributed by atoms with Gasteiger partial charge in [0.1, 0.15) is 6.04 Å². The molecule has 0 aliphatic heterocycles. The Morgan fingerprint density at radius 1 is 0.478 bits per heavy atom. The van der Waals surface area contributed by atoms with Crippen LogP contribution < -0.4 is 5.73 Å². The zero-order valence-electron chi connectivity index (χ0n) is 29.8. The van der Waals surface area contributed by atoms with Gasteiger partial charge >= 0.3 is 35.8 Å². The van der Waals surface area contributed by atoms with Gasteiger partial charge in [-0.05, 0) is 74.7 Å². The molecular formula is C31H61NO14. The molecule has 0 fully saturated rings. The topological polar surface area (TPSA) is 171 Å². The average Bonchev–Trinajstić information content (AvgIpc) is 3.02. The summed E-state index contributed by atoms with van der Waals surface area (Å²) in [6.45, 7) is 18.4. The highest BCUT2D eigenvalue weighted by Gasteiger charge is 2.64. The lowest BCUT2D eigenvalue weighted by Gasteiger charge is -2.45. The molecule has 274 valence electrons. The largest absolute Gasteiger partial charge is 0.416 e. The third-order valence-corrected chi connectivity index (χ3v) is 5.86. The lowest BCUT2D eigenvalue weighted by Crippen LogP contribution is -2.65. The standard InChI is InChI=1S/C31H61NO14/c1-11-23-43-28(35-13-3,36-14-4)30(39-17-7,40-18-8)45-26(33)22-21-25(32)27(34)46-31(41-19-9,42-20-10)29(37-15-5,38-16-6)44-24-12-2/h25H,11-24,32H2,1-10H3/t25-/m0/s1. The molecule has 15 heteroatoms. The first-order valence-electron chi connectivity index (χ1n) is 16.6. The molecule has 0 aromatic carbocycles. The summed E-state index contributed by atoms with van der Waals surface area (Å²) >= 11 is 0. The van der Waals surface area contributed by atoms with Gasteiger partial charge < -0.3 is 62.6 Å². The van der Waals surface area contributed by atoms with Crippen LogP contribution in [-0.4, -0.2) is 108 Å². The molecule has 0 unspecified atom stereocenters. The summed E-state index contributed by atoms with van der Waals surface area (Å²) in [5.41, 5.74) is 6.23. The van der Waals surface area contributed by atoms with E-state index in [0.717, 1.165) is 0 Å². The summed E-state index contributed by atoms with van der Waals surface area (Å²) in [5, 5.41) is 0. The van der Waals surface area contributed by atoms with Gasteiger partial charge in [0.2, 0.25) is 0 Å². The van der Waals surface area contributed by atoms with Crippen LogP contribution in [0.2, 0.25) is 0 Å². The second-order valence-electron chi connectivity index (χ2n) is 9.43. The van der Waals surface area contributed by atoms with E-state index in [1.165, 1.54) is 0 Å². The molecule has 0 radical (unpaired) electrons. The Labute approximate surface area is 275 Å². The van der Waals surface area contributed by atoms with Crippen LogP contribution in [0.25, 0.3) is 0 Å². The molecule has 0 saturated carbocycles. The number of carbonyl (C=O) groups excluding carboxylic acids is 2. The summed E-state index contributed by atoms with van der Waals surface area (Å²) in [4.78, 5) is 26.8. The molecule has 0 spiro atoms. The highest BCUT2D eigenvalue weighted by atomic mass is 17.0. The highest BCUT2D eigenvalue weighted by molar-refractivity contribution is 5.77. The van der Waals surface area contributed by atoms with Crippen LogP contribution in [0.1, 0.15) is 94.9 Å². The van der Waals surface area contributed by atoms with Crippen LogP contribution >= 0.6 is 0 Å². The smallest absolute Gasteiger partial charge is 0.401 e. The van der Waals surface area contributed by atoms with E-state index >= 15 is 0 Å². The SMILES string of the molecule is CCCOC(OCC)(OCC)C(OCC)(OCC)OC(=O)CC[C@H](N)C(=O)OC(OCC)(OCC)C(OCC)(OCC)OCCC. The van der Waals surface area contributed by atoms with Crippen molar-refractivity contribution in [3.63, 3.8) is 0 Å². The lowest BCUT2D eigenvalue weighted by molar-refractivity contribution is -0.550. The summed E-state index contributed by atoms with van der Waals surface area (Å²) in [6, 6.07) is -1.34.